The fourth-order valence-electron chi connectivity index (χ4n) is 6.57. The largest absolute Gasteiger partial charge is 0.508 e. The highest BCUT2D eigenvalue weighted by molar-refractivity contribution is 5.97. The van der Waals surface area contributed by atoms with Gasteiger partial charge in [-0.2, -0.15) is 0 Å². The van der Waals surface area contributed by atoms with E-state index in [0.717, 1.165) is 22.3 Å². The summed E-state index contributed by atoms with van der Waals surface area (Å²) in [5.41, 5.74) is 4.25. The Labute approximate surface area is 284 Å². The first kappa shape index (κ1) is 34.1. The second-order valence-electron chi connectivity index (χ2n) is 12.6. The maximum Gasteiger partial charge on any atom is 0.338 e. The fourth-order valence-corrected chi connectivity index (χ4v) is 6.57. The lowest BCUT2D eigenvalue weighted by Gasteiger charge is -2.31. The Bertz CT molecular complexity index is 1740. The minimum Gasteiger partial charge on any atom is -0.508 e. The van der Waals surface area contributed by atoms with Gasteiger partial charge in [0.05, 0.1) is 18.3 Å². The number of ether oxygens (including phenoxy) is 3. The van der Waals surface area contributed by atoms with E-state index in [1.807, 2.05) is 54.6 Å². The lowest BCUT2D eigenvalue weighted by atomic mass is 9.91. The molecule has 2 aliphatic carbocycles. The number of rotatable bonds is 11. The summed E-state index contributed by atoms with van der Waals surface area (Å²) in [6.07, 6.45) is 3.33. The average molecular weight is 669 g/mol. The number of para-hydroxylation sites is 1. The Morgan fingerprint density at radius 1 is 1.02 bits per heavy atom. The van der Waals surface area contributed by atoms with E-state index in [1.54, 1.807) is 36.4 Å². The Hall–Kier alpha value is -4.81. The zero-order valence-electron chi connectivity index (χ0n) is 27.1. The van der Waals surface area contributed by atoms with Crippen molar-refractivity contribution in [2.75, 3.05) is 13.2 Å². The van der Waals surface area contributed by atoms with Crippen LogP contribution in [0.4, 0.5) is 0 Å². The molecule has 6 rings (SSSR count). The fraction of sp³-hybridized carbons (Fsp3) is 0.342. The molecule has 1 fully saturated rings. The molecule has 3 aliphatic rings. The molecule has 5 atom stereocenters. The number of carbonyl (C=O) groups is 3. The minimum absolute atomic E-state index is 0.0178. The highest BCUT2D eigenvalue weighted by atomic mass is 16.8. The summed E-state index contributed by atoms with van der Waals surface area (Å²) in [5, 5.41) is 34.5. The molecule has 11 nitrogen and oxygen atoms in total. The standard InChI is InChI=1S/C38H40N2O9/c1-23(42)33(36(45)39-16-17-41)40-35(44)29-19-31(34-32(20-29)48-38(49-34)21-27-11-2-3-12-28(27)22-38)47-37(46)26-14-7-9-24(18-26)8-6-13-25-10-4-5-15-30(25)43/h2-12,14-15,18,20,23,31-34,41-43H,13,16-17,19,21-22H2,1H3,(H,39,45)(H,40,44). The van der Waals surface area contributed by atoms with E-state index in [0.29, 0.717) is 24.8 Å². The number of hydrogen-bond donors (Lipinski definition) is 5. The molecule has 11 heteroatoms. The van der Waals surface area contributed by atoms with Crippen molar-refractivity contribution in [2.45, 2.75) is 68.9 Å². The number of aliphatic hydroxyl groups excluding tert-OH is 2. The van der Waals surface area contributed by atoms with Crippen LogP contribution < -0.4 is 10.6 Å². The van der Waals surface area contributed by atoms with Crippen LogP contribution in [-0.4, -0.2) is 82.5 Å². The first-order valence-corrected chi connectivity index (χ1v) is 16.4. The van der Waals surface area contributed by atoms with E-state index in [2.05, 4.69) is 10.6 Å². The number of esters is 1. The number of benzene rings is 3. The second-order valence-corrected chi connectivity index (χ2v) is 12.6. The van der Waals surface area contributed by atoms with Gasteiger partial charge in [0, 0.05) is 31.4 Å². The van der Waals surface area contributed by atoms with Crippen LogP contribution in [0.25, 0.3) is 6.08 Å². The highest BCUT2D eigenvalue weighted by Crippen LogP contribution is 2.45. The van der Waals surface area contributed by atoms with Gasteiger partial charge in [-0.15, -0.1) is 0 Å². The molecular formula is C38H40N2O9. The van der Waals surface area contributed by atoms with Crippen LogP contribution in [0.15, 0.2) is 90.5 Å². The summed E-state index contributed by atoms with van der Waals surface area (Å²) in [6, 6.07) is 20.7. The molecule has 0 saturated carbocycles. The molecule has 3 aromatic rings. The Morgan fingerprint density at radius 2 is 1.76 bits per heavy atom. The van der Waals surface area contributed by atoms with Crippen molar-refractivity contribution in [3.63, 3.8) is 0 Å². The maximum absolute atomic E-state index is 13.6. The zero-order valence-corrected chi connectivity index (χ0v) is 27.1. The van der Waals surface area contributed by atoms with Crippen molar-refractivity contribution in [3.8, 4) is 5.75 Å². The summed E-state index contributed by atoms with van der Waals surface area (Å²) in [6.45, 7) is 1.04. The third-order valence-electron chi connectivity index (χ3n) is 8.99. The number of nitrogens with one attached hydrogen (secondary N) is 2. The number of hydrogen-bond acceptors (Lipinski definition) is 9. The van der Waals surface area contributed by atoms with Crippen LogP contribution >= 0.6 is 0 Å². The van der Waals surface area contributed by atoms with Gasteiger partial charge in [-0.1, -0.05) is 66.7 Å². The van der Waals surface area contributed by atoms with Crippen LogP contribution in [0.5, 0.6) is 5.75 Å². The van der Waals surface area contributed by atoms with Crippen LogP contribution in [0, 0.1) is 0 Å². The number of phenolic OH excluding ortho intramolecular Hbond substituents is 1. The number of fused-ring (bicyclic) bond motifs is 2. The van der Waals surface area contributed by atoms with Crippen molar-refractivity contribution in [1.29, 1.82) is 0 Å². The lowest BCUT2D eigenvalue weighted by molar-refractivity contribution is -0.172. The molecule has 0 radical (unpaired) electrons. The van der Waals surface area contributed by atoms with E-state index in [4.69, 9.17) is 19.3 Å². The van der Waals surface area contributed by atoms with Gasteiger partial charge in [0.15, 0.2) is 5.79 Å². The smallest absolute Gasteiger partial charge is 0.338 e. The Kier molecular flexibility index (Phi) is 10.3. The van der Waals surface area contributed by atoms with E-state index >= 15 is 0 Å². The number of aromatic hydroxyl groups is 1. The minimum atomic E-state index is -1.28. The SMILES string of the molecule is CC(O)C(NC(=O)C1=CC2OC3(Cc4ccccc4C3)OC2C(OC(=O)c2cccc(C=CCc3ccccc3O)c2)C1)C(=O)NCCO. The number of phenols is 1. The van der Waals surface area contributed by atoms with Gasteiger partial charge in [-0.25, -0.2) is 4.79 Å². The second kappa shape index (κ2) is 14.8. The molecule has 49 heavy (non-hydrogen) atoms. The molecule has 1 heterocycles. The quantitative estimate of drug-likeness (QED) is 0.193. The van der Waals surface area contributed by atoms with Gasteiger partial charge in [0.2, 0.25) is 11.8 Å². The maximum atomic E-state index is 13.6. The number of allylic oxidation sites excluding steroid dienone is 1. The number of amides is 2. The molecule has 0 aromatic heterocycles. The van der Waals surface area contributed by atoms with Crippen molar-refractivity contribution in [1.82, 2.24) is 10.6 Å². The van der Waals surface area contributed by atoms with Crippen LogP contribution in [0.2, 0.25) is 0 Å². The first-order chi connectivity index (χ1) is 23.6. The molecule has 5 N–H and O–H groups in total. The summed E-state index contributed by atoms with van der Waals surface area (Å²) in [7, 11) is 0. The summed E-state index contributed by atoms with van der Waals surface area (Å²) in [4.78, 5) is 39.8. The van der Waals surface area contributed by atoms with E-state index in [1.165, 1.54) is 6.92 Å². The van der Waals surface area contributed by atoms with Gasteiger partial charge in [-0.3, -0.25) is 9.59 Å². The van der Waals surface area contributed by atoms with Crippen LogP contribution in [0.3, 0.4) is 0 Å². The predicted molar refractivity (Wildman–Crippen MR) is 179 cm³/mol. The van der Waals surface area contributed by atoms with Gasteiger partial charge in [-0.05, 0) is 59.9 Å². The molecule has 1 aliphatic heterocycles. The summed E-state index contributed by atoms with van der Waals surface area (Å²) < 4.78 is 19.1. The molecule has 256 valence electrons. The normalized spacial score (nSPS) is 21.8. The third kappa shape index (κ3) is 7.76. The highest BCUT2D eigenvalue weighted by Gasteiger charge is 2.55. The number of carbonyl (C=O) groups excluding carboxylic acids is 3. The summed E-state index contributed by atoms with van der Waals surface area (Å²) >= 11 is 0. The monoisotopic (exact) mass is 668 g/mol. The topological polar surface area (TPSA) is 164 Å². The van der Waals surface area contributed by atoms with Crippen LogP contribution in [0.1, 0.15) is 46.0 Å². The molecule has 1 spiro atoms. The number of aliphatic hydroxyl groups is 2. The summed E-state index contributed by atoms with van der Waals surface area (Å²) in [5.74, 6) is -2.65. The van der Waals surface area contributed by atoms with Crippen molar-refractivity contribution < 1.29 is 43.9 Å². The lowest BCUT2D eigenvalue weighted by Crippen LogP contribution is -2.54. The van der Waals surface area contributed by atoms with Crippen molar-refractivity contribution >= 4 is 23.9 Å². The van der Waals surface area contributed by atoms with Crippen molar-refractivity contribution in [3.05, 3.63) is 118 Å². The molecule has 2 amide bonds. The van der Waals surface area contributed by atoms with Gasteiger partial charge < -0.3 is 40.2 Å². The zero-order chi connectivity index (χ0) is 34.5. The predicted octanol–water partition coefficient (Wildman–Crippen LogP) is 2.76. The molecule has 0 bridgehead atoms. The molecule has 5 unspecified atom stereocenters. The first-order valence-electron chi connectivity index (χ1n) is 16.4. The Morgan fingerprint density at radius 3 is 2.47 bits per heavy atom. The van der Waals surface area contributed by atoms with E-state index < -0.39 is 54.0 Å². The molecule has 3 aromatic carbocycles. The van der Waals surface area contributed by atoms with Crippen molar-refractivity contribution in [2.24, 2.45) is 0 Å². The Balaban J connectivity index is 1.21. The van der Waals surface area contributed by atoms with E-state index in [-0.39, 0.29) is 30.9 Å². The molecule has 1 saturated heterocycles. The van der Waals surface area contributed by atoms with Gasteiger partial charge in [0.25, 0.3) is 0 Å². The molecular weight excluding hydrogens is 628 g/mol. The average Bonchev–Trinajstić information content (AvgIpc) is 3.64. The third-order valence-corrected chi connectivity index (χ3v) is 8.99. The van der Waals surface area contributed by atoms with Gasteiger partial charge in [0.1, 0.15) is 30.1 Å². The van der Waals surface area contributed by atoms with Gasteiger partial charge >= 0.3 is 5.97 Å². The van der Waals surface area contributed by atoms with Crippen LogP contribution in [-0.2, 0) is 43.1 Å². The van der Waals surface area contributed by atoms with E-state index in [9.17, 15) is 24.6 Å².